The molecule has 0 unspecified atom stereocenters. The molecule has 1 saturated heterocycles. The Morgan fingerprint density at radius 2 is 1.96 bits per heavy atom. The number of hydrogen-bond acceptors (Lipinski definition) is 8. The van der Waals surface area contributed by atoms with E-state index >= 15 is 0 Å². The minimum absolute atomic E-state index is 0.110. The third-order valence-electron chi connectivity index (χ3n) is 3.80. The summed E-state index contributed by atoms with van der Waals surface area (Å²) in [6.07, 6.45) is 5.95. The van der Waals surface area contributed by atoms with Crippen molar-refractivity contribution in [3.8, 4) is 5.82 Å². The van der Waals surface area contributed by atoms with Crippen LogP contribution in [0.4, 0.5) is 11.5 Å². The molecule has 0 aromatic carbocycles. The lowest BCUT2D eigenvalue weighted by Crippen LogP contribution is -2.47. The van der Waals surface area contributed by atoms with Crippen molar-refractivity contribution >= 4 is 11.5 Å². The van der Waals surface area contributed by atoms with Gasteiger partial charge in [0.25, 0.3) is 0 Å². The number of nitrogens with zero attached hydrogens (tertiary/aromatic N) is 7. The maximum Gasteiger partial charge on any atom is 0.354 e. The van der Waals surface area contributed by atoms with Gasteiger partial charge >= 0.3 is 5.69 Å². The minimum atomic E-state index is -0.454. The number of nitro groups is 1. The fraction of sp³-hybridized carbons (Fsp3) is 0.462. The van der Waals surface area contributed by atoms with Crippen LogP contribution in [-0.4, -0.2) is 73.8 Å². The van der Waals surface area contributed by atoms with E-state index in [-0.39, 0.29) is 18.1 Å². The van der Waals surface area contributed by atoms with Crippen LogP contribution in [0.1, 0.15) is 0 Å². The SMILES string of the molecule is O=[N+]([O-])c1c(N2CCN(CCO)CC2)ncnc1-n1ccnc1. The smallest absolute Gasteiger partial charge is 0.354 e. The lowest BCUT2D eigenvalue weighted by molar-refractivity contribution is -0.384. The monoisotopic (exact) mass is 319 g/mol. The maximum atomic E-state index is 11.6. The number of imidazole rings is 1. The van der Waals surface area contributed by atoms with Gasteiger partial charge in [0.05, 0.1) is 11.5 Å². The summed E-state index contributed by atoms with van der Waals surface area (Å²) in [6.45, 7) is 3.39. The van der Waals surface area contributed by atoms with E-state index in [0.717, 1.165) is 13.1 Å². The highest BCUT2D eigenvalue weighted by Crippen LogP contribution is 2.31. The lowest BCUT2D eigenvalue weighted by Gasteiger charge is -2.34. The molecule has 23 heavy (non-hydrogen) atoms. The first kappa shape index (κ1) is 15.3. The molecule has 2 aromatic rings. The first-order valence-electron chi connectivity index (χ1n) is 7.26. The van der Waals surface area contributed by atoms with Crippen LogP contribution >= 0.6 is 0 Å². The van der Waals surface area contributed by atoms with Crippen molar-refractivity contribution < 1.29 is 10.0 Å². The molecular formula is C13H17N7O3. The van der Waals surface area contributed by atoms with E-state index in [0.29, 0.717) is 25.5 Å². The number of aliphatic hydroxyl groups excluding tert-OH is 1. The van der Waals surface area contributed by atoms with Crippen LogP contribution in [0.15, 0.2) is 25.0 Å². The Labute approximate surface area is 132 Å². The van der Waals surface area contributed by atoms with Crippen molar-refractivity contribution in [1.82, 2.24) is 24.4 Å². The van der Waals surface area contributed by atoms with Gasteiger partial charge in [0.15, 0.2) is 0 Å². The van der Waals surface area contributed by atoms with Crippen molar-refractivity contribution in [2.24, 2.45) is 0 Å². The van der Waals surface area contributed by atoms with Crippen LogP contribution in [0.25, 0.3) is 5.82 Å². The first-order chi connectivity index (χ1) is 11.2. The summed E-state index contributed by atoms with van der Waals surface area (Å²) in [6, 6.07) is 0. The summed E-state index contributed by atoms with van der Waals surface area (Å²) in [5.74, 6) is 0.521. The summed E-state index contributed by atoms with van der Waals surface area (Å²) in [5.41, 5.74) is -0.124. The normalized spacial score (nSPS) is 15.8. The van der Waals surface area contributed by atoms with Crippen molar-refractivity contribution in [2.45, 2.75) is 0 Å². The van der Waals surface area contributed by atoms with Gasteiger partial charge < -0.3 is 10.0 Å². The van der Waals surface area contributed by atoms with Crippen molar-refractivity contribution in [3.05, 3.63) is 35.2 Å². The van der Waals surface area contributed by atoms with Gasteiger partial charge in [-0.05, 0) is 0 Å². The molecule has 3 rings (SSSR count). The maximum absolute atomic E-state index is 11.6. The van der Waals surface area contributed by atoms with Crippen LogP contribution in [0, 0.1) is 10.1 Å². The van der Waals surface area contributed by atoms with E-state index in [1.165, 1.54) is 17.2 Å². The van der Waals surface area contributed by atoms with Crippen LogP contribution in [-0.2, 0) is 0 Å². The van der Waals surface area contributed by atoms with E-state index < -0.39 is 4.92 Å². The van der Waals surface area contributed by atoms with Gasteiger partial charge in [-0.3, -0.25) is 19.6 Å². The van der Waals surface area contributed by atoms with Crippen molar-refractivity contribution in [1.29, 1.82) is 0 Å². The molecule has 10 nitrogen and oxygen atoms in total. The van der Waals surface area contributed by atoms with Gasteiger partial charge in [-0.1, -0.05) is 0 Å². The van der Waals surface area contributed by atoms with E-state index in [9.17, 15) is 10.1 Å². The molecule has 0 saturated carbocycles. The molecule has 1 aliphatic rings. The molecule has 0 spiro atoms. The first-order valence-corrected chi connectivity index (χ1v) is 7.26. The molecule has 1 N–H and O–H groups in total. The number of aliphatic hydroxyl groups is 1. The Bertz CT molecular complexity index is 668. The molecule has 2 aromatic heterocycles. The van der Waals surface area contributed by atoms with E-state index in [4.69, 9.17) is 5.11 Å². The number of rotatable bonds is 5. The fourth-order valence-corrected chi connectivity index (χ4v) is 2.65. The average molecular weight is 319 g/mol. The zero-order valence-corrected chi connectivity index (χ0v) is 12.4. The van der Waals surface area contributed by atoms with E-state index in [1.807, 2.05) is 4.90 Å². The second-order valence-electron chi connectivity index (χ2n) is 5.15. The highest BCUT2D eigenvalue weighted by Gasteiger charge is 2.29. The summed E-state index contributed by atoms with van der Waals surface area (Å²) in [4.78, 5) is 27.2. The Morgan fingerprint density at radius 1 is 1.22 bits per heavy atom. The molecule has 0 atom stereocenters. The predicted molar refractivity (Wildman–Crippen MR) is 81.5 cm³/mol. The topological polar surface area (TPSA) is 113 Å². The van der Waals surface area contributed by atoms with E-state index in [2.05, 4.69) is 19.9 Å². The number of piperazine rings is 1. The molecule has 0 bridgehead atoms. The highest BCUT2D eigenvalue weighted by atomic mass is 16.6. The summed E-state index contributed by atoms with van der Waals surface area (Å²) >= 11 is 0. The Kier molecular flexibility index (Phi) is 4.44. The quantitative estimate of drug-likeness (QED) is 0.589. The lowest BCUT2D eigenvalue weighted by atomic mass is 10.3. The molecule has 0 radical (unpaired) electrons. The average Bonchev–Trinajstić information content (AvgIpc) is 3.09. The number of β-amino-alcohol motifs (C(OH)–C–C–N with tert-alkyl or cyclic N) is 1. The zero-order chi connectivity index (χ0) is 16.2. The summed E-state index contributed by atoms with van der Waals surface area (Å²) in [7, 11) is 0. The van der Waals surface area contributed by atoms with Crippen LogP contribution in [0.3, 0.4) is 0 Å². The Hall–Kier alpha value is -2.59. The second kappa shape index (κ2) is 6.67. The summed E-state index contributed by atoms with van der Waals surface area (Å²) in [5, 5.41) is 20.6. The van der Waals surface area contributed by atoms with Gasteiger partial charge in [-0.2, -0.15) is 0 Å². The largest absolute Gasteiger partial charge is 0.395 e. The third-order valence-corrected chi connectivity index (χ3v) is 3.80. The third kappa shape index (κ3) is 3.12. The highest BCUT2D eigenvalue weighted by molar-refractivity contribution is 5.65. The van der Waals surface area contributed by atoms with Crippen LogP contribution in [0.2, 0.25) is 0 Å². The molecule has 3 heterocycles. The molecule has 0 aliphatic carbocycles. The standard InChI is InChI=1S/C13H17N7O3/c21-8-7-17-3-5-18(6-4-17)12-11(20(22)23)13(16-9-15-12)19-2-1-14-10-19/h1-2,9-10,21H,3-8H2. The van der Waals surface area contributed by atoms with Crippen LogP contribution in [0.5, 0.6) is 0 Å². The summed E-state index contributed by atoms with van der Waals surface area (Å²) < 4.78 is 1.51. The molecular weight excluding hydrogens is 302 g/mol. The number of anilines is 1. The predicted octanol–water partition coefficient (Wildman–Crippen LogP) is -0.315. The van der Waals surface area contributed by atoms with Crippen LogP contribution < -0.4 is 4.90 Å². The Morgan fingerprint density at radius 3 is 2.57 bits per heavy atom. The molecule has 1 aliphatic heterocycles. The van der Waals surface area contributed by atoms with Crippen molar-refractivity contribution in [3.63, 3.8) is 0 Å². The molecule has 0 amide bonds. The molecule has 1 fully saturated rings. The van der Waals surface area contributed by atoms with Crippen molar-refractivity contribution in [2.75, 3.05) is 44.2 Å². The molecule has 10 heteroatoms. The second-order valence-corrected chi connectivity index (χ2v) is 5.15. The minimum Gasteiger partial charge on any atom is -0.395 e. The van der Waals surface area contributed by atoms with Gasteiger partial charge in [0, 0.05) is 45.1 Å². The number of aromatic nitrogens is 4. The van der Waals surface area contributed by atoms with Gasteiger partial charge in [0.1, 0.15) is 12.7 Å². The number of hydrogen-bond donors (Lipinski definition) is 1. The van der Waals surface area contributed by atoms with E-state index in [1.54, 1.807) is 12.4 Å². The Balaban J connectivity index is 1.91. The molecule has 122 valence electrons. The van der Waals surface area contributed by atoms with Gasteiger partial charge in [-0.25, -0.2) is 15.0 Å². The fourth-order valence-electron chi connectivity index (χ4n) is 2.65. The van der Waals surface area contributed by atoms with Gasteiger partial charge in [0.2, 0.25) is 11.6 Å². The van der Waals surface area contributed by atoms with Gasteiger partial charge in [-0.15, -0.1) is 0 Å². The zero-order valence-electron chi connectivity index (χ0n) is 12.4.